The fourth-order valence-electron chi connectivity index (χ4n) is 1.81. The molecule has 0 aliphatic carbocycles. The van der Waals surface area contributed by atoms with Gasteiger partial charge in [0.1, 0.15) is 5.76 Å². The van der Waals surface area contributed by atoms with Crippen molar-refractivity contribution in [3.8, 4) is 18.1 Å². The molecule has 16 heavy (non-hydrogen) atoms. The largest absolute Gasteiger partial charge is 0.504 e. The van der Waals surface area contributed by atoms with Crippen LogP contribution in [0, 0.1) is 12.3 Å². The fraction of sp³-hybridized carbons (Fsp3) is 0.143. The number of phenols is 1. The van der Waals surface area contributed by atoms with Gasteiger partial charge in [0.05, 0.1) is 6.42 Å². The van der Waals surface area contributed by atoms with Gasteiger partial charge in [0.25, 0.3) is 0 Å². The number of benzene rings is 1. The van der Waals surface area contributed by atoms with Gasteiger partial charge in [0, 0.05) is 10.9 Å². The van der Waals surface area contributed by atoms with Gasteiger partial charge >= 0.3 is 0 Å². The first-order valence-corrected chi connectivity index (χ1v) is 5.04. The van der Waals surface area contributed by atoms with Crippen LogP contribution in [0.15, 0.2) is 35.3 Å². The molecule has 2 rings (SSSR count). The molecule has 0 bridgehead atoms. The van der Waals surface area contributed by atoms with Crippen LogP contribution < -0.4 is 0 Å². The third-order valence-electron chi connectivity index (χ3n) is 2.49. The van der Waals surface area contributed by atoms with Gasteiger partial charge in [-0.1, -0.05) is 24.1 Å². The number of terminal acetylenes is 1. The van der Waals surface area contributed by atoms with Gasteiger partial charge in [-0.3, -0.25) is 0 Å². The molecule has 1 aromatic heterocycles. The predicted octanol–water partition coefficient (Wildman–Crippen LogP) is 3.04. The summed E-state index contributed by atoms with van der Waals surface area (Å²) >= 11 is 0. The zero-order valence-corrected chi connectivity index (χ0v) is 8.86. The van der Waals surface area contributed by atoms with Crippen LogP contribution >= 0.6 is 0 Å². The Kier molecular flexibility index (Phi) is 2.70. The molecule has 0 unspecified atom stereocenters. The highest BCUT2D eigenvalue weighted by molar-refractivity contribution is 5.87. The minimum atomic E-state index is 0.145. The lowest BCUT2D eigenvalue weighted by Gasteiger charge is -1.95. The van der Waals surface area contributed by atoms with Crippen molar-refractivity contribution >= 4 is 11.0 Å². The van der Waals surface area contributed by atoms with Crippen LogP contribution in [0.3, 0.4) is 0 Å². The number of rotatable bonds is 3. The SMILES string of the molecule is C#CCc1oc2c(O)cccc2c1CC=C. The summed E-state index contributed by atoms with van der Waals surface area (Å²) in [4.78, 5) is 0. The molecule has 0 amide bonds. The predicted molar refractivity (Wildman–Crippen MR) is 64.3 cm³/mol. The van der Waals surface area contributed by atoms with Gasteiger partial charge < -0.3 is 9.52 Å². The van der Waals surface area contributed by atoms with Crippen molar-refractivity contribution in [3.63, 3.8) is 0 Å². The summed E-state index contributed by atoms with van der Waals surface area (Å²) in [6.45, 7) is 3.71. The Hall–Kier alpha value is -2.14. The van der Waals surface area contributed by atoms with E-state index >= 15 is 0 Å². The highest BCUT2D eigenvalue weighted by atomic mass is 16.4. The maximum atomic E-state index is 9.67. The minimum absolute atomic E-state index is 0.145. The van der Waals surface area contributed by atoms with Crippen molar-refractivity contribution in [2.24, 2.45) is 0 Å². The third-order valence-corrected chi connectivity index (χ3v) is 2.49. The molecule has 2 aromatic rings. The van der Waals surface area contributed by atoms with Crippen LogP contribution in [-0.4, -0.2) is 5.11 Å². The quantitative estimate of drug-likeness (QED) is 0.626. The van der Waals surface area contributed by atoms with Crippen molar-refractivity contribution in [1.29, 1.82) is 0 Å². The Balaban J connectivity index is 2.71. The number of hydrogen-bond donors (Lipinski definition) is 1. The first kappa shape index (κ1) is 10.4. The topological polar surface area (TPSA) is 33.4 Å². The zero-order valence-electron chi connectivity index (χ0n) is 8.86. The molecule has 80 valence electrons. The average Bonchev–Trinajstić information content (AvgIpc) is 2.61. The van der Waals surface area contributed by atoms with E-state index in [1.807, 2.05) is 6.07 Å². The number of furan rings is 1. The van der Waals surface area contributed by atoms with E-state index in [0.29, 0.717) is 18.4 Å². The van der Waals surface area contributed by atoms with Gasteiger partial charge in [-0.05, 0) is 12.5 Å². The maximum absolute atomic E-state index is 9.67. The van der Waals surface area contributed by atoms with E-state index in [2.05, 4.69) is 12.5 Å². The van der Waals surface area contributed by atoms with E-state index in [-0.39, 0.29) is 5.75 Å². The molecule has 1 aromatic carbocycles. The van der Waals surface area contributed by atoms with Crippen molar-refractivity contribution < 1.29 is 9.52 Å². The third kappa shape index (κ3) is 1.57. The summed E-state index contributed by atoms with van der Waals surface area (Å²) in [7, 11) is 0. The number of fused-ring (bicyclic) bond motifs is 1. The van der Waals surface area contributed by atoms with Crippen molar-refractivity contribution in [3.05, 3.63) is 42.2 Å². The lowest BCUT2D eigenvalue weighted by molar-refractivity contribution is 0.459. The molecule has 1 N–H and O–H groups in total. The van der Waals surface area contributed by atoms with Crippen molar-refractivity contribution in [1.82, 2.24) is 0 Å². The van der Waals surface area contributed by atoms with Gasteiger partial charge in [0.2, 0.25) is 0 Å². The van der Waals surface area contributed by atoms with Crippen LogP contribution in [0.5, 0.6) is 5.75 Å². The molecule has 0 spiro atoms. The van der Waals surface area contributed by atoms with Crippen LogP contribution in [0.2, 0.25) is 0 Å². The zero-order chi connectivity index (χ0) is 11.5. The number of phenolic OH excluding ortho intramolecular Hbond substituents is 1. The van der Waals surface area contributed by atoms with Crippen LogP contribution in [0.4, 0.5) is 0 Å². The van der Waals surface area contributed by atoms with Crippen LogP contribution in [0.25, 0.3) is 11.0 Å². The van der Waals surface area contributed by atoms with Crippen molar-refractivity contribution in [2.45, 2.75) is 12.8 Å². The minimum Gasteiger partial charge on any atom is -0.504 e. The highest BCUT2D eigenvalue weighted by Gasteiger charge is 2.14. The second-order valence-electron chi connectivity index (χ2n) is 3.53. The fourth-order valence-corrected chi connectivity index (χ4v) is 1.81. The summed E-state index contributed by atoms with van der Waals surface area (Å²) < 4.78 is 5.58. The molecule has 2 nitrogen and oxygen atoms in total. The van der Waals surface area contributed by atoms with E-state index < -0.39 is 0 Å². The first-order chi connectivity index (χ1) is 7.77. The van der Waals surface area contributed by atoms with E-state index in [1.165, 1.54) is 0 Å². The summed E-state index contributed by atoms with van der Waals surface area (Å²) in [6, 6.07) is 5.31. The van der Waals surface area contributed by atoms with Gasteiger partial charge in [-0.25, -0.2) is 0 Å². The number of aromatic hydroxyl groups is 1. The smallest absolute Gasteiger partial charge is 0.176 e. The number of hydrogen-bond acceptors (Lipinski definition) is 2. The van der Waals surface area contributed by atoms with Crippen LogP contribution in [-0.2, 0) is 12.8 Å². The number of para-hydroxylation sites is 1. The van der Waals surface area contributed by atoms with Gasteiger partial charge in [0.15, 0.2) is 11.3 Å². The Morgan fingerprint density at radius 2 is 2.31 bits per heavy atom. The lowest BCUT2D eigenvalue weighted by atomic mass is 10.1. The maximum Gasteiger partial charge on any atom is 0.176 e. The standard InChI is InChI=1S/C14H12O2/c1-3-6-10-11-8-5-9-12(15)14(11)16-13(10)7-4-2/h2-3,5,8-9,15H,1,6-7H2. The Bertz CT molecular complexity index is 570. The summed E-state index contributed by atoms with van der Waals surface area (Å²) in [5.74, 6) is 3.43. The highest BCUT2D eigenvalue weighted by Crippen LogP contribution is 2.32. The molecule has 0 radical (unpaired) electrons. The molecule has 0 aliphatic heterocycles. The molecule has 2 heteroatoms. The molecule has 0 aliphatic rings. The summed E-state index contributed by atoms with van der Waals surface area (Å²) in [5.41, 5.74) is 1.52. The molecule has 1 heterocycles. The molecule has 0 atom stereocenters. The summed E-state index contributed by atoms with van der Waals surface area (Å²) in [5, 5.41) is 10.6. The lowest BCUT2D eigenvalue weighted by Crippen LogP contribution is -1.86. The van der Waals surface area contributed by atoms with E-state index in [9.17, 15) is 5.11 Å². The Morgan fingerprint density at radius 3 is 3.00 bits per heavy atom. The van der Waals surface area contributed by atoms with E-state index in [4.69, 9.17) is 10.8 Å². The van der Waals surface area contributed by atoms with Gasteiger partial charge in [-0.15, -0.1) is 13.0 Å². The Morgan fingerprint density at radius 1 is 1.50 bits per heavy atom. The van der Waals surface area contributed by atoms with E-state index in [1.54, 1.807) is 18.2 Å². The normalized spacial score (nSPS) is 10.2. The number of allylic oxidation sites excluding steroid dienone is 1. The average molecular weight is 212 g/mol. The first-order valence-electron chi connectivity index (χ1n) is 5.04. The second kappa shape index (κ2) is 4.16. The summed E-state index contributed by atoms with van der Waals surface area (Å²) in [6.07, 6.45) is 8.20. The van der Waals surface area contributed by atoms with E-state index in [0.717, 1.165) is 16.7 Å². The molecule has 0 saturated heterocycles. The molecular formula is C14H12O2. The molecular weight excluding hydrogens is 200 g/mol. The molecule has 0 saturated carbocycles. The van der Waals surface area contributed by atoms with Crippen molar-refractivity contribution in [2.75, 3.05) is 0 Å². The Labute approximate surface area is 94.2 Å². The van der Waals surface area contributed by atoms with Crippen LogP contribution in [0.1, 0.15) is 11.3 Å². The monoisotopic (exact) mass is 212 g/mol. The van der Waals surface area contributed by atoms with Gasteiger partial charge in [-0.2, -0.15) is 0 Å². The molecule has 0 fully saturated rings. The second-order valence-corrected chi connectivity index (χ2v) is 3.53.